The molecule has 0 aromatic heterocycles. The first-order valence-corrected chi connectivity index (χ1v) is 6.47. The van der Waals surface area contributed by atoms with Crippen molar-refractivity contribution in [2.45, 2.75) is 64.5 Å². The van der Waals surface area contributed by atoms with Crippen LogP contribution in [0.2, 0.25) is 0 Å². The van der Waals surface area contributed by atoms with Gasteiger partial charge in [0, 0.05) is 12.6 Å². The van der Waals surface area contributed by atoms with Gasteiger partial charge in [0.25, 0.3) is 0 Å². The molecule has 0 aromatic rings. The molecule has 1 aliphatic heterocycles. The van der Waals surface area contributed by atoms with Crippen LogP contribution in [0.25, 0.3) is 0 Å². The maximum absolute atomic E-state index is 6.08. The van der Waals surface area contributed by atoms with Crippen molar-refractivity contribution < 1.29 is 4.74 Å². The average molecular weight is 213 g/mol. The lowest BCUT2D eigenvalue weighted by molar-refractivity contribution is -0.102. The van der Waals surface area contributed by atoms with Crippen LogP contribution in [0.4, 0.5) is 0 Å². The molecule has 15 heavy (non-hydrogen) atoms. The highest BCUT2D eigenvalue weighted by Crippen LogP contribution is 2.34. The van der Waals surface area contributed by atoms with E-state index in [1.807, 2.05) is 0 Å². The number of rotatable bonds is 5. The van der Waals surface area contributed by atoms with Crippen LogP contribution in [0.3, 0.4) is 0 Å². The molecule has 1 N–H and O–H groups in total. The fourth-order valence-corrected chi connectivity index (χ4v) is 2.59. The molecule has 0 aromatic carbocycles. The summed E-state index contributed by atoms with van der Waals surface area (Å²) in [5, 5.41) is 3.40. The van der Waals surface area contributed by atoms with Gasteiger partial charge in [-0.3, -0.25) is 0 Å². The van der Waals surface area contributed by atoms with Gasteiger partial charge in [0.05, 0.1) is 5.60 Å². The van der Waals surface area contributed by atoms with E-state index >= 15 is 0 Å². The van der Waals surface area contributed by atoms with Crippen LogP contribution in [0.15, 0.2) is 0 Å². The van der Waals surface area contributed by atoms with Gasteiger partial charge in [-0.1, -0.05) is 27.2 Å². The molecule has 0 saturated carbocycles. The number of ether oxygens (including phenoxy) is 1. The second-order valence-electron chi connectivity index (χ2n) is 5.08. The smallest absolute Gasteiger partial charge is 0.0697 e. The molecule has 3 atom stereocenters. The number of hydrogen-bond donors (Lipinski definition) is 1. The monoisotopic (exact) mass is 213 g/mol. The Morgan fingerprint density at radius 3 is 2.73 bits per heavy atom. The van der Waals surface area contributed by atoms with E-state index in [9.17, 15) is 0 Å². The van der Waals surface area contributed by atoms with Crippen molar-refractivity contribution in [3.8, 4) is 0 Å². The standard InChI is InChI=1S/C13H27NO/c1-5-11(3)9-13(6-2)10-12(14-4)7-8-15-13/h11-12,14H,5-10H2,1-4H3. The van der Waals surface area contributed by atoms with Crippen molar-refractivity contribution in [1.82, 2.24) is 5.32 Å². The Labute approximate surface area is 94.8 Å². The topological polar surface area (TPSA) is 21.3 Å². The summed E-state index contributed by atoms with van der Waals surface area (Å²) < 4.78 is 6.08. The summed E-state index contributed by atoms with van der Waals surface area (Å²) in [6.45, 7) is 7.80. The summed E-state index contributed by atoms with van der Waals surface area (Å²) in [4.78, 5) is 0. The lowest BCUT2D eigenvalue weighted by Crippen LogP contribution is -2.46. The van der Waals surface area contributed by atoms with Gasteiger partial charge in [-0.2, -0.15) is 0 Å². The van der Waals surface area contributed by atoms with Gasteiger partial charge in [0.15, 0.2) is 0 Å². The van der Waals surface area contributed by atoms with Gasteiger partial charge in [0.1, 0.15) is 0 Å². The lowest BCUT2D eigenvalue weighted by Gasteiger charge is -2.42. The quantitative estimate of drug-likeness (QED) is 0.758. The zero-order valence-electron chi connectivity index (χ0n) is 10.8. The molecule has 1 aliphatic rings. The van der Waals surface area contributed by atoms with Crippen LogP contribution >= 0.6 is 0 Å². The van der Waals surface area contributed by atoms with Crippen molar-refractivity contribution in [3.63, 3.8) is 0 Å². The van der Waals surface area contributed by atoms with Crippen LogP contribution in [0.5, 0.6) is 0 Å². The van der Waals surface area contributed by atoms with Crippen molar-refractivity contribution >= 4 is 0 Å². The van der Waals surface area contributed by atoms with Gasteiger partial charge in [-0.15, -0.1) is 0 Å². The van der Waals surface area contributed by atoms with E-state index in [4.69, 9.17) is 4.74 Å². The maximum atomic E-state index is 6.08. The molecule has 0 spiro atoms. The average Bonchev–Trinajstić information content (AvgIpc) is 2.29. The van der Waals surface area contributed by atoms with Crippen LogP contribution in [0.1, 0.15) is 52.9 Å². The Bertz CT molecular complexity index is 179. The molecule has 2 nitrogen and oxygen atoms in total. The van der Waals surface area contributed by atoms with Gasteiger partial charge in [0.2, 0.25) is 0 Å². The Kier molecular flexibility index (Phi) is 5.07. The molecular weight excluding hydrogens is 186 g/mol. The highest BCUT2D eigenvalue weighted by atomic mass is 16.5. The first-order valence-electron chi connectivity index (χ1n) is 6.47. The van der Waals surface area contributed by atoms with Crippen LogP contribution < -0.4 is 5.32 Å². The molecule has 0 aliphatic carbocycles. The van der Waals surface area contributed by atoms with Gasteiger partial charge in [-0.25, -0.2) is 0 Å². The minimum Gasteiger partial charge on any atom is -0.375 e. The first-order chi connectivity index (χ1) is 7.15. The molecule has 0 bridgehead atoms. The van der Waals surface area contributed by atoms with Crippen LogP contribution in [-0.2, 0) is 4.74 Å². The molecule has 1 rings (SSSR count). The largest absolute Gasteiger partial charge is 0.375 e. The predicted octanol–water partition coefficient (Wildman–Crippen LogP) is 2.97. The minimum atomic E-state index is 0.154. The normalized spacial score (nSPS) is 34.0. The number of hydrogen-bond acceptors (Lipinski definition) is 2. The van der Waals surface area contributed by atoms with E-state index in [0.717, 1.165) is 18.9 Å². The van der Waals surface area contributed by atoms with Crippen molar-refractivity contribution in [1.29, 1.82) is 0 Å². The molecule has 1 fully saturated rings. The van der Waals surface area contributed by atoms with E-state index in [2.05, 4.69) is 33.1 Å². The molecular formula is C13H27NO. The fourth-order valence-electron chi connectivity index (χ4n) is 2.59. The fraction of sp³-hybridized carbons (Fsp3) is 1.00. The Hall–Kier alpha value is -0.0800. The highest BCUT2D eigenvalue weighted by molar-refractivity contribution is 4.89. The first kappa shape index (κ1) is 13.0. The van der Waals surface area contributed by atoms with Crippen molar-refractivity contribution in [3.05, 3.63) is 0 Å². The molecule has 1 heterocycles. The van der Waals surface area contributed by atoms with E-state index in [1.165, 1.54) is 25.7 Å². The van der Waals surface area contributed by atoms with E-state index in [0.29, 0.717) is 6.04 Å². The Morgan fingerprint density at radius 2 is 2.20 bits per heavy atom. The van der Waals surface area contributed by atoms with E-state index in [-0.39, 0.29) is 5.60 Å². The summed E-state index contributed by atoms with van der Waals surface area (Å²) in [7, 11) is 2.07. The second kappa shape index (κ2) is 5.86. The summed E-state index contributed by atoms with van der Waals surface area (Å²) in [5.74, 6) is 0.778. The van der Waals surface area contributed by atoms with E-state index in [1.54, 1.807) is 0 Å². The predicted molar refractivity (Wildman–Crippen MR) is 65.1 cm³/mol. The van der Waals surface area contributed by atoms with Gasteiger partial charge in [-0.05, 0) is 38.6 Å². The Morgan fingerprint density at radius 1 is 1.47 bits per heavy atom. The van der Waals surface area contributed by atoms with Crippen molar-refractivity contribution in [2.24, 2.45) is 5.92 Å². The summed E-state index contributed by atoms with van der Waals surface area (Å²) in [6.07, 6.45) is 5.98. The van der Waals surface area contributed by atoms with E-state index < -0.39 is 0 Å². The Balaban J connectivity index is 2.57. The third-order valence-corrected chi connectivity index (χ3v) is 3.96. The molecule has 90 valence electrons. The third-order valence-electron chi connectivity index (χ3n) is 3.96. The maximum Gasteiger partial charge on any atom is 0.0697 e. The lowest BCUT2D eigenvalue weighted by atomic mass is 9.80. The SMILES string of the molecule is CCC(C)CC1(CC)CC(NC)CCO1. The zero-order chi connectivity index (χ0) is 11.3. The molecule has 0 amide bonds. The molecule has 0 radical (unpaired) electrons. The third kappa shape index (κ3) is 3.46. The molecule has 1 saturated heterocycles. The summed E-state index contributed by atoms with van der Waals surface area (Å²) in [6, 6.07) is 0.655. The second-order valence-corrected chi connectivity index (χ2v) is 5.08. The van der Waals surface area contributed by atoms with Crippen LogP contribution in [0, 0.1) is 5.92 Å². The van der Waals surface area contributed by atoms with Gasteiger partial charge >= 0.3 is 0 Å². The van der Waals surface area contributed by atoms with Crippen molar-refractivity contribution in [2.75, 3.05) is 13.7 Å². The van der Waals surface area contributed by atoms with Gasteiger partial charge < -0.3 is 10.1 Å². The minimum absolute atomic E-state index is 0.154. The molecule has 2 heteroatoms. The molecule has 3 unspecified atom stereocenters. The summed E-state index contributed by atoms with van der Waals surface area (Å²) in [5.41, 5.74) is 0.154. The zero-order valence-corrected chi connectivity index (χ0v) is 10.8. The number of nitrogens with one attached hydrogen (secondary N) is 1. The summed E-state index contributed by atoms with van der Waals surface area (Å²) >= 11 is 0. The van der Waals surface area contributed by atoms with Crippen LogP contribution in [-0.4, -0.2) is 25.3 Å². The highest BCUT2D eigenvalue weighted by Gasteiger charge is 2.36.